The van der Waals surface area contributed by atoms with Crippen LogP contribution in [0, 0.1) is 5.82 Å². The topological polar surface area (TPSA) is 81.4 Å². The molecule has 0 aromatic heterocycles. The van der Waals surface area contributed by atoms with Gasteiger partial charge in [-0.2, -0.15) is 0 Å². The van der Waals surface area contributed by atoms with Gasteiger partial charge in [0, 0.05) is 18.5 Å². The summed E-state index contributed by atoms with van der Waals surface area (Å²) in [5.41, 5.74) is 7.09. The summed E-state index contributed by atoms with van der Waals surface area (Å²) in [5.74, 6) is -1.71. The molecule has 142 valence electrons. The molecule has 3 N–H and O–H groups in total. The largest absolute Gasteiger partial charge is 0.448 e. The molecule has 1 aliphatic rings. The van der Waals surface area contributed by atoms with Crippen LogP contribution in [0.1, 0.15) is 27.5 Å². The molecule has 4 rings (SSSR count). The number of carbonyl (C=O) groups is 2. The number of amides is 1. The third-order valence-electron chi connectivity index (χ3n) is 5.00. The van der Waals surface area contributed by atoms with E-state index in [1.165, 1.54) is 18.2 Å². The first kappa shape index (κ1) is 18.1. The molecule has 5 nitrogen and oxygen atoms in total. The predicted octanol–water partition coefficient (Wildman–Crippen LogP) is 2.88. The number of halogens is 1. The summed E-state index contributed by atoms with van der Waals surface area (Å²) in [6.07, 6.45) is -1.10. The van der Waals surface area contributed by atoms with Crippen molar-refractivity contribution < 1.29 is 18.7 Å². The monoisotopic (exact) mass is 378 g/mol. The molecule has 3 aromatic rings. The smallest absolute Gasteiger partial charge is 0.339 e. The van der Waals surface area contributed by atoms with Crippen molar-refractivity contribution in [2.75, 3.05) is 6.54 Å². The fraction of sp³-hybridized carbons (Fsp3) is 0.182. The van der Waals surface area contributed by atoms with Gasteiger partial charge in [-0.1, -0.05) is 42.5 Å². The highest BCUT2D eigenvalue weighted by Gasteiger charge is 2.33. The number of rotatable bonds is 4. The third kappa shape index (κ3) is 3.34. The van der Waals surface area contributed by atoms with E-state index in [-0.39, 0.29) is 24.1 Å². The van der Waals surface area contributed by atoms with Gasteiger partial charge < -0.3 is 15.8 Å². The van der Waals surface area contributed by atoms with Gasteiger partial charge in [0.25, 0.3) is 5.91 Å². The van der Waals surface area contributed by atoms with Crippen molar-refractivity contribution in [3.63, 3.8) is 0 Å². The number of nitrogens with two attached hydrogens (primary N) is 1. The number of nitrogens with one attached hydrogen (secondary N) is 1. The van der Waals surface area contributed by atoms with Crippen LogP contribution < -0.4 is 11.1 Å². The van der Waals surface area contributed by atoms with Gasteiger partial charge >= 0.3 is 5.97 Å². The Labute approximate surface area is 161 Å². The molecule has 2 unspecified atom stereocenters. The predicted molar refractivity (Wildman–Crippen MR) is 103 cm³/mol. The molecule has 0 spiro atoms. The van der Waals surface area contributed by atoms with Crippen molar-refractivity contribution >= 4 is 22.6 Å². The van der Waals surface area contributed by atoms with Crippen molar-refractivity contribution in [2.45, 2.75) is 18.6 Å². The number of hydrogen-bond acceptors (Lipinski definition) is 4. The van der Waals surface area contributed by atoms with Gasteiger partial charge in [-0.25, -0.2) is 9.18 Å². The summed E-state index contributed by atoms with van der Waals surface area (Å²) in [7, 11) is 0. The van der Waals surface area contributed by atoms with E-state index in [4.69, 9.17) is 10.5 Å². The van der Waals surface area contributed by atoms with E-state index in [0.717, 1.165) is 16.3 Å². The van der Waals surface area contributed by atoms with E-state index < -0.39 is 29.8 Å². The molecular weight excluding hydrogens is 359 g/mol. The molecule has 0 saturated heterocycles. The normalized spacial score (nSPS) is 16.9. The zero-order valence-corrected chi connectivity index (χ0v) is 15.0. The Morgan fingerprint density at radius 1 is 1.14 bits per heavy atom. The number of ether oxygens (including phenoxy) is 1. The molecule has 6 heteroatoms. The summed E-state index contributed by atoms with van der Waals surface area (Å²) in [5, 5.41) is 4.94. The van der Waals surface area contributed by atoms with Crippen LogP contribution in [0.2, 0.25) is 0 Å². The molecule has 1 aliphatic heterocycles. The second-order valence-electron chi connectivity index (χ2n) is 6.77. The Bertz CT molecular complexity index is 1070. The third-order valence-corrected chi connectivity index (χ3v) is 5.00. The molecular formula is C22H19FN2O3. The van der Waals surface area contributed by atoms with Gasteiger partial charge in [0.05, 0.1) is 11.6 Å². The number of cyclic esters (lactones) is 1. The Balaban J connectivity index is 1.54. The SMILES string of the molecule is NCC(NC(=O)C1Cc2c(F)cccc2C(=O)O1)c1ccc2ccccc2c1. The minimum Gasteiger partial charge on any atom is -0.448 e. The highest BCUT2D eigenvalue weighted by Crippen LogP contribution is 2.25. The van der Waals surface area contributed by atoms with Crippen LogP contribution in [0.15, 0.2) is 60.7 Å². The average Bonchev–Trinajstić information content (AvgIpc) is 2.72. The lowest BCUT2D eigenvalue weighted by molar-refractivity contribution is -0.131. The molecule has 0 aliphatic carbocycles. The van der Waals surface area contributed by atoms with E-state index in [2.05, 4.69) is 5.32 Å². The second kappa shape index (κ2) is 7.40. The second-order valence-corrected chi connectivity index (χ2v) is 6.77. The summed E-state index contributed by atoms with van der Waals surface area (Å²) in [4.78, 5) is 24.8. The van der Waals surface area contributed by atoms with E-state index in [1.807, 2.05) is 42.5 Å². The molecule has 28 heavy (non-hydrogen) atoms. The maximum Gasteiger partial charge on any atom is 0.339 e. The number of hydrogen-bond donors (Lipinski definition) is 2. The highest BCUT2D eigenvalue weighted by atomic mass is 19.1. The zero-order valence-electron chi connectivity index (χ0n) is 15.0. The van der Waals surface area contributed by atoms with Crippen LogP contribution in [0.3, 0.4) is 0 Å². The molecule has 3 aromatic carbocycles. The van der Waals surface area contributed by atoms with Crippen molar-refractivity contribution in [3.05, 3.63) is 83.2 Å². The summed E-state index contributed by atoms with van der Waals surface area (Å²) >= 11 is 0. The van der Waals surface area contributed by atoms with Crippen LogP contribution >= 0.6 is 0 Å². The zero-order chi connectivity index (χ0) is 19.7. The molecule has 0 bridgehead atoms. The van der Waals surface area contributed by atoms with Crippen molar-refractivity contribution in [3.8, 4) is 0 Å². The van der Waals surface area contributed by atoms with Crippen LogP contribution in [0.25, 0.3) is 10.8 Å². The lowest BCUT2D eigenvalue weighted by Crippen LogP contribution is -2.44. The molecule has 0 saturated carbocycles. The van der Waals surface area contributed by atoms with Gasteiger partial charge in [-0.05, 0) is 34.5 Å². The van der Waals surface area contributed by atoms with E-state index in [0.29, 0.717) is 0 Å². The number of fused-ring (bicyclic) bond motifs is 2. The summed E-state index contributed by atoms with van der Waals surface area (Å²) < 4.78 is 19.3. The van der Waals surface area contributed by atoms with Crippen molar-refractivity contribution in [1.82, 2.24) is 5.32 Å². The fourth-order valence-corrected chi connectivity index (χ4v) is 3.49. The maximum absolute atomic E-state index is 14.1. The molecule has 1 amide bonds. The molecule has 1 heterocycles. The van der Waals surface area contributed by atoms with Crippen LogP contribution in [0.4, 0.5) is 4.39 Å². The van der Waals surface area contributed by atoms with E-state index in [9.17, 15) is 14.0 Å². The molecule has 0 fully saturated rings. The Kier molecular flexibility index (Phi) is 4.79. The minimum absolute atomic E-state index is 0.00537. The van der Waals surface area contributed by atoms with Crippen LogP contribution in [-0.4, -0.2) is 24.5 Å². The first-order valence-electron chi connectivity index (χ1n) is 9.04. The Morgan fingerprint density at radius 2 is 1.93 bits per heavy atom. The van der Waals surface area contributed by atoms with Crippen LogP contribution in [0.5, 0.6) is 0 Å². The highest BCUT2D eigenvalue weighted by molar-refractivity contribution is 5.96. The minimum atomic E-state index is -1.09. The summed E-state index contributed by atoms with van der Waals surface area (Å²) in [6, 6.07) is 17.5. The maximum atomic E-state index is 14.1. The average molecular weight is 378 g/mol. The van der Waals surface area contributed by atoms with Gasteiger partial charge in [-0.3, -0.25) is 4.79 Å². The summed E-state index contributed by atoms with van der Waals surface area (Å²) in [6.45, 7) is 0.176. The van der Waals surface area contributed by atoms with Gasteiger partial charge in [0.1, 0.15) is 5.82 Å². The van der Waals surface area contributed by atoms with E-state index in [1.54, 1.807) is 0 Å². The first-order chi connectivity index (χ1) is 13.6. The number of esters is 1. The van der Waals surface area contributed by atoms with Gasteiger partial charge in [-0.15, -0.1) is 0 Å². The lowest BCUT2D eigenvalue weighted by Gasteiger charge is -2.26. The first-order valence-corrected chi connectivity index (χ1v) is 9.04. The van der Waals surface area contributed by atoms with Crippen LogP contribution in [-0.2, 0) is 16.0 Å². The quantitative estimate of drug-likeness (QED) is 0.684. The molecule has 0 radical (unpaired) electrons. The van der Waals surface area contributed by atoms with Gasteiger partial charge in [0.15, 0.2) is 6.10 Å². The Hall–Kier alpha value is -3.25. The van der Waals surface area contributed by atoms with Gasteiger partial charge in [0.2, 0.25) is 0 Å². The number of benzene rings is 3. The number of carbonyl (C=O) groups excluding carboxylic acids is 2. The van der Waals surface area contributed by atoms with E-state index >= 15 is 0 Å². The van der Waals surface area contributed by atoms with Crippen molar-refractivity contribution in [2.24, 2.45) is 5.73 Å². The fourth-order valence-electron chi connectivity index (χ4n) is 3.49. The lowest BCUT2D eigenvalue weighted by atomic mass is 9.97. The Morgan fingerprint density at radius 3 is 2.71 bits per heavy atom. The van der Waals surface area contributed by atoms with Crippen molar-refractivity contribution in [1.29, 1.82) is 0 Å². The molecule has 2 atom stereocenters. The standard InChI is InChI=1S/C22H19FN2O3/c23-18-7-3-6-16-17(18)11-20(28-22(16)27)21(26)25-19(12-24)15-9-8-13-4-1-2-5-14(13)10-15/h1-10,19-20H,11-12,24H2,(H,25,26).